The molecular formula is C15H15Br2N. The lowest BCUT2D eigenvalue weighted by Crippen LogP contribution is -2.09. The summed E-state index contributed by atoms with van der Waals surface area (Å²) >= 11 is 7.04. The van der Waals surface area contributed by atoms with E-state index in [1.54, 1.807) is 0 Å². The molecule has 1 unspecified atom stereocenters. The van der Waals surface area contributed by atoms with Gasteiger partial charge in [0.25, 0.3) is 0 Å². The highest BCUT2D eigenvalue weighted by atomic mass is 79.9. The summed E-state index contributed by atoms with van der Waals surface area (Å²) in [6.07, 6.45) is 1.04. The molecule has 0 amide bonds. The van der Waals surface area contributed by atoms with Gasteiger partial charge in [0.05, 0.1) is 6.04 Å². The molecule has 18 heavy (non-hydrogen) atoms. The summed E-state index contributed by atoms with van der Waals surface area (Å²) in [5.41, 5.74) is 2.43. The van der Waals surface area contributed by atoms with Crippen molar-refractivity contribution < 1.29 is 0 Å². The summed E-state index contributed by atoms with van der Waals surface area (Å²) < 4.78 is 2.21. The molecule has 0 fully saturated rings. The number of hydrogen-bond acceptors (Lipinski definition) is 1. The Kier molecular flexibility index (Phi) is 4.84. The lowest BCUT2D eigenvalue weighted by atomic mass is 10.0. The number of rotatable bonds is 4. The lowest BCUT2D eigenvalue weighted by Gasteiger charge is -2.19. The number of hydrogen-bond donors (Lipinski definition) is 1. The molecule has 0 bridgehead atoms. The third kappa shape index (κ3) is 3.36. The van der Waals surface area contributed by atoms with Crippen LogP contribution in [0.15, 0.2) is 57.5 Å². The molecule has 0 aliphatic carbocycles. The van der Waals surface area contributed by atoms with Crippen molar-refractivity contribution in [2.24, 2.45) is 0 Å². The molecule has 2 aromatic carbocycles. The quantitative estimate of drug-likeness (QED) is 0.721. The second-order valence-corrected chi connectivity index (χ2v) is 5.91. The van der Waals surface area contributed by atoms with E-state index in [0.717, 1.165) is 21.1 Å². The highest BCUT2D eigenvalue weighted by molar-refractivity contribution is 9.10. The largest absolute Gasteiger partial charge is 0.377 e. The van der Waals surface area contributed by atoms with Crippen LogP contribution >= 0.6 is 31.9 Å². The number of para-hydroxylation sites is 1. The van der Waals surface area contributed by atoms with Gasteiger partial charge in [0.1, 0.15) is 0 Å². The normalized spacial score (nSPS) is 12.2. The van der Waals surface area contributed by atoms with Crippen molar-refractivity contribution in [3.05, 3.63) is 63.0 Å². The molecule has 2 aromatic rings. The minimum atomic E-state index is 0.330. The number of nitrogens with one attached hydrogen (secondary N) is 1. The first kappa shape index (κ1) is 13.6. The van der Waals surface area contributed by atoms with Gasteiger partial charge in [-0.15, -0.1) is 0 Å². The third-order valence-electron chi connectivity index (χ3n) is 2.88. The third-order valence-corrected chi connectivity index (χ3v) is 4.10. The minimum absolute atomic E-state index is 0.330. The van der Waals surface area contributed by atoms with Gasteiger partial charge in [-0.25, -0.2) is 0 Å². The second-order valence-electron chi connectivity index (χ2n) is 4.14. The molecule has 0 aliphatic heterocycles. The first-order valence-corrected chi connectivity index (χ1v) is 7.56. The standard InChI is InChI=1S/C15H15Br2N/c1-2-14(11-7-9-12(16)10-8-11)18-15-6-4-3-5-13(15)17/h3-10,14,18H,2H2,1H3. The predicted molar refractivity (Wildman–Crippen MR) is 84.9 cm³/mol. The van der Waals surface area contributed by atoms with Gasteiger partial charge in [0.15, 0.2) is 0 Å². The Morgan fingerprint density at radius 2 is 1.67 bits per heavy atom. The predicted octanol–water partition coefficient (Wildman–Crippen LogP) is 5.77. The molecule has 94 valence electrons. The Bertz CT molecular complexity index is 508. The Morgan fingerprint density at radius 1 is 1.00 bits per heavy atom. The number of anilines is 1. The molecule has 1 atom stereocenters. The van der Waals surface area contributed by atoms with Crippen LogP contribution in [0.5, 0.6) is 0 Å². The van der Waals surface area contributed by atoms with Crippen LogP contribution in [-0.4, -0.2) is 0 Å². The molecule has 0 aliphatic rings. The molecule has 0 heterocycles. The Hall–Kier alpha value is -0.800. The summed E-state index contributed by atoms with van der Waals surface area (Å²) in [5.74, 6) is 0. The molecule has 0 saturated carbocycles. The van der Waals surface area contributed by atoms with Gasteiger partial charge in [-0.2, -0.15) is 0 Å². The first-order chi connectivity index (χ1) is 8.70. The van der Waals surface area contributed by atoms with Gasteiger partial charge in [-0.3, -0.25) is 0 Å². The fourth-order valence-corrected chi connectivity index (χ4v) is 2.55. The highest BCUT2D eigenvalue weighted by Crippen LogP contribution is 2.28. The molecule has 3 heteroatoms. The average molecular weight is 369 g/mol. The summed E-state index contributed by atoms with van der Waals surface area (Å²) in [6.45, 7) is 2.19. The molecule has 2 rings (SSSR count). The van der Waals surface area contributed by atoms with Crippen molar-refractivity contribution in [1.29, 1.82) is 0 Å². The summed E-state index contributed by atoms with van der Waals surface area (Å²) in [6, 6.07) is 17.0. The van der Waals surface area contributed by atoms with Crippen molar-refractivity contribution in [2.45, 2.75) is 19.4 Å². The first-order valence-electron chi connectivity index (χ1n) is 5.97. The van der Waals surface area contributed by atoms with Crippen molar-refractivity contribution in [3.8, 4) is 0 Å². The molecule has 1 N–H and O–H groups in total. The van der Waals surface area contributed by atoms with Crippen LogP contribution in [0.3, 0.4) is 0 Å². The van der Waals surface area contributed by atoms with Crippen LogP contribution < -0.4 is 5.32 Å². The SMILES string of the molecule is CCC(Nc1ccccc1Br)c1ccc(Br)cc1. The van der Waals surface area contributed by atoms with Crippen LogP contribution in [0.4, 0.5) is 5.69 Å². The van der Waals surface area contributed by atoms with Crippen molar-refractivity contribution >= 4 is 37.5 Å². The van der Waals surface area contributed by atoms with E-state index in [2.05, 4.69) is 80.5 Å². The van der Waals surface area contributed by atoms with Gasteiger partial charge >= 0.3 is 0 Å². The topological polar surface area (TPSA) is 12.0 Å². The van der Waals surface area contributed by atoms with E-state index < -0.39 is 0 Å². The van der Waals surface area contributed by atoms with E-state index in [0.29, 0.717) is 6.04 Å². The summed E-state index contributed by atoms with van der Waals surface area (Å²) in [5, 5.41) is 3.57. The van der Waals surface area contributed by atoms with Gasteiger partial charge in [0.2, 0.25) is 0 Å². The molecule has 0 radical (unpaired) electrons. The smallest absolute Gasteiger partial charge is 0.0511 e. The van der Waals surface area contributed by atoms with Crippen molar-refractivity contribution in [2.75, 3.05) is 5.32 Å². The van der Waals surface area contributed by atoms with Gasteiger partial charge < -0.3 is 5.32 Å². The zero-order chi connectivity index (χ0) is 13.0. The molecule has 0 saturated heterocycles. The zero-order valence-corrected chi connectivity index (χ0v) is 13.3. The Morgan fingerprint density at radius 3 is 2.28 bits per heavy atom. The van der Waals surface area contributed by atoms with E-state index >= 15 is 0 Å². The number of halogens is 2. The fourth-order valence-electron chi connectivity index (χ4n) is 1.88. The lowest BCUT2D eigenvalue weighted by molar-refractivity contribution is 0.748. The average Bonchev–Trinajstić information content (AvgIpc) is 2.39. The van der Waals surface area contributed by atoms with Crippen LogP contribution in [0.2, 0.25) is 0 Å². The van der Waals surface area contributed by atoms with Gasteiger partial charge in [0, 0.05) is 14.6 Å². The summed E-state index contributed by atoms with van der Waals surface area (Å²) in [7, 11) is 0. The monoisotopic (exact) mass is 367 g/mol. The van der Waals surface area contributed by atoms with E-state index in [-0.39, 0.29) is 0 Å². The molecule has 0 aromatic heterocycles. The minimum Gasteiger partial charge on any atom is -0.377 e. The van der Waals surface area contributed by atoms with Crippen molar-refractivity contribution in [3.63, 3.8) is 0 Å². The Labute approximate surface area is 125 Å². The van der Waals surface area contributed by atoms with Gasteiger partial charge in [-0.1, -0.05) is 47.1 Å². The Balaban J connectivity index is 2.20. The van der Waals surface area contributed by atoms with Gasteiger partial charge in [-0.05, 0) is 52.2 Å². The highest BCUT2D eigenvalue weighted by Gasteiger charge is 2.10. The van der Waals surface area contributed by atoms with E-state index in [1.165, 1.54) is 5.56 Å². The maximum Gasteiger partial charge on any atom is 0.0511 e. The summed E-state index contributed by atoms with van der Waals surface area (Å²) in [4.78, 5) is 0. The van der Waals surface area contributed by atoms with E-state index in [1.807, 2.05) is 12.1 Å². The van der Waals surface area contributed by atoms with Crippen molar-refractivity contribution in [1.82, 2.24) is 0 Å². The van der Waals surface area contributed by atoms with Crippen LogP contribution in [-0.2, 0) is 0 Å². The number of benzene rings is 2. The van der Waals surface area contributed by atoms with Crippen LogP contribution in [0.1, 0.15) is 24.9 Å². The van der Waals surface area contributed by atoms with E-state index in [9.17, 15) is 0 Å². The molecule has 1 nitrogen and oxygen atoms in total. The molecule has 0 spiro atoms. The fraction of sp³-hybridized carbons (Fsp3) is 0.200. The maximum atomic E-state index is 3.57. The maximum absolute atomic E-state index is 3.57. The molecular weight excluding hydrogens is 354 g/mol. The zero-order valence-electron chi connectivity index (χ0n) is 10.2. The second kappa shape index (κ2) is 6.39. The van der Waals surface area contributed by atoms with Crippen LogP contribution in [0.25, 0.3) is 0 Å². The van der Waals surface area contributed by atoms with E-state index in [4.69, 9.17) is 0 Å². The van der Waals surface area contributed by atoms with Crippen LogP contribution in [0, 0.1) is 0 Å².